The first-order chi connectivity index (χ1) is 14.2. The van der Waals surface area contributed by atoms with Gasteiger partial charge in [-0.2, -0.15) is 0 Å². The Balaban J connectivity index is 1.69. The van der Waals surface area contributed by atoms with Gasteiger partial charge < -0.3 is 20.0 Å². The van der Waals surface area contributed by atoms with E-state index in [1.807, 2.05) is 37.3 Å². The molecule has 0 aliphatic carbocycles. The Labute approximate surface area is 174 Å². The van der Waals surface area contributed by atoms with Gasteiger partial charge in [0.25, 0.3) is 0 Å². The molecule has 158 valence electrons. The highest BCUT2D eigenvalue weighted by atomic mass is 16.3. The highest BCUT2D eigenvalue weighted by Gasteiger charge is 2.24. The van der Waals surface area contributed by atoms with E-state index in [0.717, 1.165) is 49.3 Å². The molecular formula is C22H34N6O. The second kappa shape index (κ2) is 10.9. The molecule has 0 radical (unpaired) electrons. The van der Waals surface area contributed by atoms with Crippen LogP contribution in [0.25, 0.3) is 0 Å². The molecule has 1 aliphatic heterocycles. The van der Waals surface area contributed by atoms with Crippen molar-refractivity contribution in [2.24, 2.45) is 4.99 Å². The molecule has 3 heterocycles. The summed E-state index contributed by atoms with van der Waals surface area (Å²) < 4.78 is 5.76. The molecule has 0 saturated carbocycles. The first-order valence-corrected chi connectivity index (χ1v) is 10.6. The maximum atomic E-state index is 5.76. The topological polar surface area (TPSA) is 68.9 Å². The van der Waals surface area contributed by atoms with E-state index in [1.54, 1.807) is 6.26 Å². The van der Waals surface area contributed by atoms with Gasteiger partial charge in [0.2, 0.25) is 0 Å². The zero-order chi connectivity index (χ0) is 20.5. The molecular weight excluding hydrogens is 364 g/mol. The molecule has 1 fully saturated rings. The lowest BCUT2D eigenvalue weighted by Crippen LogP contribution is -2.44. The molecule has 0 amide bonds. The first-order valence-electron chi connectivity index (χ1n) is 10.6. The van der Waals surface area contributed by atoms with Crippen molar-refractivity contribution < 1.29 is 4.42 Å². The standard InChI is InChI=1S/C22H34N6O/c1-4-23-22(25-16-18-10-8-12-24-21(18)27(2)3)26-17-19(20-11-9-15-29-20)28-13-6-5-7-14-28/h8-12,15,19H,4-7,13-14,16-17H2,1-3H3,(H2,23,25,26). The molecule has 1 atom stereocenters. The van der Waals surface area contributed by atoms with Gasteiger partial charge in [-0.15, -0.1) is 0 Å². The minimum absolute atomic E-state index is 0.213. The van der Waals surface area contributed by atoms with Crippen molar-refractivity contribution in [3.05, 3.63) is 48.0 Å². The van der Waals surface area contributed by atoms with Gasteiger partial charge in [-0.25, -0.2) is 9.98 Å². The van der Waals surface area contributed by atoms with E-state index in [9.17, 15) is 0 Å². The molecule has 0 spiro atoms. The van der Waals surface area contributed by atoms with Gasteiger partial charge in [0.1, 0.15) is 11.6 Å². The number of nitrogens with one attached hydrogen (secondary N) is 2. The van der Waals surface area contributed by atoms with Crippen molar-refractivity contribution in [1.82, 2.24) is 20.5 Å². The predicted octanol–water partition coefficient (Wildman–Crippen LogP) is 3.02. The lowest BCUT2D eigenvalue weighted by atomic mass is 10.1. The number of anilines is 1. The third-order valence-electron chi connectivity index (χ3n) is 5.21. The molecule has 2 N–H and O–H groups in total. The number of aliphatic imine (C=N–C) groups is 1. The van der Waals surface area contributed by atoms with Crippen LogP contribution in [0.15, 0.2) is 46.1 Å². The molecule has 1 saturated heterocycles. The molecule has 29 heavy (non-hydrogen) atoms. The SMILES string of the molecule is CCNC(=NCc1cccnc1N(C)C)NCC(c1ccco1)N1CCCCC1. The number of pyridine rings is 1. The Hall–Kier alpha value is -2.54. The highest BCUT2D eigenvalue weighted by molar-refractivity contribution is 5.79. The van der Waals surface area contributed by atoms with Crippen LogP contribution >= 0.6 is 0 Å². The van der Waals surface area contributed by atoms with Gasteiger partial charge in [-0.3, -0.25) is 4.90 Å². The van der Waals surface area contributed by atoms with Gasteiger partial charge in [0, 0.05) is 38.9 Å². The summed E-state index contributed by atoms with van der Waals surface area (Å²) >= 11 is 0. The summed E-state index contributed by atoms with van der Waals surface area (Å²) in [5.41, 5.74) is 1.10. The van der Waals surface area contributed by atoms with E-state index in [0.29, 0.717) is 6.54 Å². The van der Waals surface area contributed by atoms with Crippen molar-refractivity contribution in [2.75, 3.05) is 45.2 Å². The Morgan fingerprint density at radius 1 is 1.21 bits per heavy atom. The highest BCUT2D eigenvalue weighted by Crippen LogP contribution is 2.24. The van der Waals surface area contributed by atoms with Crippen molar-refractivity contribution in [3.63, 3.8) is 0 Å². The molecule has 2 aromatic heterocycles. The summed E-state index contributed by atoms with van der Waals surface area (Å²) in [6, 6.07) is 8.29. The Morgan fingerprint density at radius 2 is 2.03 bits per heavy atom. The summed E-state index contributed by atoms with van der Waals surface area (Å²) in [7, 11) is 4.01. The Morgan fingerprint density at radius 3 is 2.72 bits per heavy atom. The second-order valence-corrected chi connectivity index (χ2v) is 7.58. The van der Waals surface area contributed by atoms with Crippen LogP contribution in [-0.4, -0.2) is 56.1 Å². The maximum Gasteiger partial charge on any atom is 0.191 e. The van der Waals surface area contributed by atoms with E-state index < -0.39 is 0 Å². The number of hydrogen-bond acceptors (Lipinski definition) is 5. The minimum atomic E-state index is 0.213. The largest absolute Gasteiger partial charge is 0.468 e. The number of aromatic nitrogens is 1. The summed E-state index contributed by atoms with van der Waals surface area (Å²) in [6.07, 6.45) is 7.40. The average molecular weight is 399 g/mol. The predicted molar refractivity (Wildman–Crippen MR) is 118 cm³/mol. The van der Waals surface area contributed by atoms with E-state index in [-0.39, 0.29) is 6.04 Å². The lowest BCUT2D eigenvalue weighted by Gasteiger charge is -2.33. The zero-order valence-electron chi connectivity index (χ0n) is 17.9. The van der Waals surface area contributed by atoms with Gasteiger partial charge >= 0.3 is 0 Å². The minimum Gasteiger partial charge on any atom is -0.468 e. The lowest BCUT2D eigenvalue weighted by molar-refractivity contribution is 0.146. The second-order valence-electron chi connectivity index (χ2n) is 7.58. The fourth-order valence-electron chi connectivity index (χ4n) is 3.78. The Kier molecular flexibility index (Phi) is 7.93. The molecule has 3 rings (SSSR count). The number of piperidine rings is 1. The maximum absolute atomic E-state index is 5.76. The quantitative estimate of drug-likeness (QED) is 0.526. The summed E-state index contributed by atoms with van der Waals surface area (Å²) in [5.74, 6) is 2.78. The number of nitrogens with zero attached hydrogens (tertiary/aromatic N) is 4. The number of likely N-dealkylation sites (tertiary alicyclic amines) is 1. The first kappa shape index (κ1) is 21.2. The van der Waals surface area contributed by atoms with Crippen LogP contribution < -0.4 is 15.5 Å². The third kappa shape index (κ3) is 5.97. The van der Waals surface area contributed by atoms with E-state index >= 15 is 0 Å². The van der Waals surface area contributed by atoms with Gasteiger partial charge in [-0.05, 0) is 51.1 Å². The van der Waals surface area contributed by atoms with Crippen LogP contribution in [0.1, 0.15) is 43.6 Å². The number of guanidine groups is 1. The van der Waals surface area contributed by atoms with Gasteiger partial charge in [0.05, 0.1) is 18.8 Å². The summed E-state index contributed by atoms with van der Waals surface area (Å²) in [4.78, 5) is 13.8. The molecule has 2 aromatic rings. The molecule has 1 aliphatic rings. The van der Waals surface area contributed by atoms with Crippen molar-refractivity contribution in [3.8, 4) is 0 Å². The van der Waals surface area contributed by atoms with Crippen LogP contribution in [0.5, 0.6) is 0 Å². The average Bonchev–Trinajstić information content (AvgIpc) is 3.27. The van der Waals surface area contributed by atoms with Crippen molar-refractivity contribution in [1.29, 1.82) is 0 Å². The van der Waals surface area contributed by atoms with Gasteiger partial charge in [0.15, 0.2) is 5.96 Å². The van der Waals surface area contributed by atoms with E-state index in [1.165, 1.54) is 19.3 Å². The molecule has 7 nitrogen and oxygen atoms in total. The number of hydrogen-bond donors (Lipinski definition) is 2. The summed E-state index contributed by atoms with van der Waals surface area (Å²) in [6.45, 7) is 6.46. The van der Waals surface area contributed by atoms with Crippen molar-refractivity contribution in [2.45, 2.75) is 38.8 Å². The Bertz CT molecular complexity index is 752. The third-order valence-corrected chi connectivity index (χ3v) is 5.21. The smallest absolute Gasteiger partial charge is 0.191 e. The fraction of sp³-hybridized carbons (Fsp3) is 0.545. The van der Waals surface area contributed by atoms with Gasteiger partial charge in [-0.1, -0.05) is 12.5 Å². The zero-order valence-corrected chi connectivity index (χ0v) is 17.9. The fourth-order valence-corrected chi connectivity index (χ4v) is 3.78. The molecule has 7 heteroatoms. The van der Waals surface area contributed by atoms with Crippen LogP contribution in [0.4, 0.5) is 5.82 Å². The summed E-state index contributed by atoms with van der Waals surface area (Å²) in [5, 5.41) is 6.89. The van der Waals surface area contributed by atoms with Crippen LogP contribution in [0, 0.1) is 0 Å². The molecule has 0 aromatic carbocycles. The molecule has 0 bridgehead atoms. The van der Waals surface area contributed by atoms with Crippen LogP contribution in [-0.2, 0) is 6.54 Å². The van der Waals surface area contributed by atoms with Crippen LogP contribution in [0.3, 0.4) is 0 Å². The van der Waals surface area contributed by atoms with E-state index in [2.05, 4.69) is 39.6 Å². The molecule has 1 unspecified atom stereocenters. The van der Waals surface area contributed by atoms with Crippen molar-refractivity contribution >= 4 is 11.8 Å². The van der Waals surface area contributed by atoms with Crippen LogP contribution in [0.2, 0.25) is 0 Å². The monoisotopic (exact) mass is 398 g/mol. The number of furan rings is 1. The van der Waals surface area contributed by atoms with E-state index in [4.69, 9.17) is 9.41 Å². The number of rotatable bonds is 8. The normalized spacial score (nSPS) is 16.4.